The molecule has 1 atom stereocenters. The number of amides is 1. The second-order valence-corrected chi connectivity index (χ2v) is 9.20. The van der Waals surface area contributed by atoms with Crippen molar-refractivity contribution in [1.29, 1.82) is 5.26 Å². The molecule has 0 saturated carbocycles. The van der Waals surface area contributed by atoms with Gasteiger partial charge in [-0.25, -0.2) is 9.37 Å². The van der Waals surface area contributed by atoms with E-state index in [9.17, 15) is 10.1 Å². The van der Waals surface area contributed by atoms with Crippen LogP contribution in [-0.2, 0) is 4.79 Å². The number of aromatic nitrogens is 3. The lowest BCUT2D eigenvalue weighted by Crippen LogP contribution is -2.55. The van der Waals surface area contributed by atoms with Gasteiger partial charge < -0.3 is 20.3 Å². The van der Waals surface area contributed by atoms with E-state index in [4.69, 9.17) is 22.1 Å². The van der Waals surface area contributed by atoms with Gasteiger partial charge in [0, 0.05) is 30.4 Å². The number of nitrogens with zero attached hydrogens (tertiary/aromatic N) is 6. The van der Waals surface area contributed by atoms with Crippen molar-refractivity contribution in [2.24, 2.45) is 0 Å². The molecule has 4 aromatic rings. The van der Waals surface area contributed by atoms with Gasteiger partial charge in [0.25, 0.3) is 0 Å². The maximum absolute atomic E-state index is 16.3. The van der Waals surface area contributed by atoms with Crippen LogP contribution in [0.2, 0.25) is 5.02 Å². The molecule has 1 fully saturated rings. The molecular formula is C27H23ClFN7O2. The predicted molar refractivity (Wildman–Crippen MR) is 144 cm³/mol. The third-order valence-corrected chi connectivity index (χ3v) is 6.89. The summed E-state index contributed by atoms with van der Waals surface area (Å²) in [6.45, 7) is 4.57. The molecule has 192 valence electrons. The Labute approximate surface area is 222 Å². The molecule has 9 nitrogen and oxygen atoms in total. The second-order valence-electron chi connectivity index (χ2n) is 8.79. The quantitative estimate of drug-likeness (QED) is 0.377. The molecule has 2 aromatic carbocycles. The Balaban J connectivity index is 1.68. The minimum absolute atomic E-state index is 0.000913. The number of methoxy groups -OCH3 is 1. The van der Waals surface area contributed by atoms with Gasteiger partial charge in [-0.2, -0.15) is 15.2 Å². The van der Waals surface area contributed by atoms with E-state index in [1.165, 1.54) is 13.2 Å². The van der Waals surface area contributed by atoms with Gasteiger partial charge in [-0.05, 0) is 23.6 Å². The number of carbonyl (C=O) groups excluding carboxylic acids is 1. The van der Waals surface area contributed by atoms with Gasteiger partial charge in [0.05, 0.1) is 41.9 Å². The molecule has 3 heterocycles. The first kappa shape index (κ1) is 25.2. The molecule has 0 bridgehead atoms. The smallest absolute Gasteiger partial charge is 0.318 e. The highest BCUT2D eigenvalue weighted by Gasteiger charge is 2.32. The Kier molecular flexibility index (Phi) is 6.70. The minimum Gasteiger partial charge on any atom is -0.467 e. The van der Waals surface area contributed by atoms with E-state index < -0.39 is 11.9 Å². The Hall–Kier alpha value is -4.49. The van der Waals surface area contributed by atoms with Crippen molar-refractivity contribution in [3.63, 3.8) is 0 Å². The molecule has 1 amide bonds. The van der Waals surface area contributed by atoms with Crippen LogP contribution in [0.15, 0.2) is 49.1 Å². The van der Waals surface area contributed by atoms with Gasteiger partial charge in [-0.15, -0.1) is 0 Å². The fourth-order valence-electron chi connectivity index (χ4n) is 4.85. The molecule has 11 heteroatoms. The summed E-state index contributed by atoms with van der Waals surface area (Å²) in [7, 11) is 1.39. The fraction of sp³-hybridized carbons (Fsp3) is 0.222. The number of pyridine rings is 1. The summed E-state index contributed by atoms with van der Waals surface area (Å²) in [4.78, 5) is 29.0. The first-order valence-corrected chi connectivity index (χ1v) is 12.2. The van der Waals surface area contributed by atoms with E-state index >= 15 is 4.39 Å². The third kappa shape index (κ3) is 4.31. The number of halogens is 2. The monoisotopic (exact) mass is 531 g/mol. The number of hydrogen-bond acceptors (Lipinski definition) is 8. The highest BCUT2D eigenvalue weighted by molar-refractivity contribution is 6.34. The number of nitrogen functional groups attached to an aromatic ring is 1. The van der Waals surface area contributed by atoms with Crippen LogP contribution in [0.1, 0.15) is 6.42 Å². The molecule has 1 saturated heterocycles. The van der Waals surface area contributed by atoms with Gasteiger partial charge in [0.2, 0.25) is 5.91 Å². The SMILES string of the molecule is C=CC(=O)N1CCN(c2nc(OC)nc3c(F)c(-c4nc(N)cc5ccccc45)c(Cl)cc23)C[C@@H]1CC#N. The number of piperazine rings is 1. The molecule has 2 aromatic heterocycles. The normalized spacial score (nSPS) is 15.5. The number of fused-ring (bicyclic) bond motifs is 2. The van der Waals surface area contributed by atoms with Crippen LogP contribution in [0.5, 0.6) is 6.01 Å². The second kappa shape index (κ2) is 10.1. The molecule has 38 heavy (non-hydrogen) atoms. The van der Waals surface area contributed by atoms with Crippen LogP contribution in [0.4, 0.5) is 16.0 Å². The van der Waals surface area contributed by atoms with Crippen LogP contribution < -0.4 is 15.4 Å². The van der Waals surface area contributed by atoms with Crippen molar-refractivity contribution in [3.8, 4) is 23.3 Å². The van der Waals surface area contributed by atoms with Crippen LogP contribution >= 0.6 is 11.6 Å². The predicted octanol–water partition coefficient (Wildman–Crippen LogP) is 4.35. The average molecular weight is 532 g/mol. The number of nitrogens with two attached hydrogens (primary N) is 1. The van der Waals surface area contributed by atoms with Crippen molar-refractivity contribution in [1.82, 2.24) is 19.9 Å². The Morgan fingerprint density at radius 2 is 2.08 bits per heavy atom. The van der Waals surface area contributed by atoms with Gasteiger partial charge in [-0.3, -0.25) is 4.79 Å². The summed E-state index contributed by atoms with van der Waals surface area (Å²) in [5, 5.41) is 11.3. The summed E-state index contributed by atoms with van der Waals surface area (Å²) in [6.07, 6.45) is 1.34. The number of rotatable bonds is 5. The molecule has 0 unspecified atom stereocenters. The molecule has 0 aliphatic carbocycles. The van der Waals surface area contributed by atoms with E-state index in [1.807, 2.05) is 29.2 Å². The Bertz CT molecular complexity index is 1640. The van der Waals surface area contributed by atoms with Crippen LogP contribution in [0.25, 0.3) is 32.9 Å². The number of carbonyl (C=O) groups is 1. The molecule has 1 aliphatic rings. The third-order valence-electron chi connectivity index (χ3n) is 6.59. The summed E-state index contributed by atoms with van der Waals surface area (Å²) in [6, 6.07) is 12.4. The number of benzene rings is 2. The number of hydrogen-bond donors (Lipinski definition) is 1. The van der Waals surface area contributed by atoms with Gasteiger partial charge >= 0.3 is 6.01 Å². The van der Waals surface area contributed by atoms with E-state index in [2.05, 4.69) is 27.6 Å². The summed E-state index contributed by atoms with van der Waals surface area (Å²) >= 11 is 6.71. The molecular weight excluding hydrogens is 509 g/mol. The molecule has 5 rings (SSSR count). The average Bonchev–Trinajstić information content (AvgIpc) is 2.92. The lowest BCUT2D eigenvalue weighted by Gasteiger charge is -2.41. The lowest BCUT2D eigenvalue weighted by atomic mass is 10.0. The van der Waals surface area contributed by atoms with Gasteiger partial charge in [0.15, 0.2) is 5.82 Å². The van der Waals surface area contributed by atoms with Crippen molar-refractivity contribution in [2.45, 2.75) is 12.5 Å². The van der Waals surface area contributed by atoms with Gasteiger partial charge in [0.1, 0.15) is 17.2 Å². The molecule has 0 spiro atoms. The van der Waals surface area contributed by atoms with Crippen molar-refractivity contribution in [3.05, 3.63) is 59.9 Å². The van der Waals surface area contributed by atoms with E-state index in [-0.39, 0.29) is 40.3 Å². The summed E-state index contributed by atoms with van der Waals surface area (Å²) in [5.41, 5.74) is 6.41. The Morgan fingerprint density at radius 3 is 2.82 bits per heavy atom. The van der Waals surface area contributed by atoms with Crippen LogP contribution in [-0.4, -0.2) is 58.5 Å². The first-order chi connectivity index (χ1) is 18.4. The zero-order valence-corrected chi connectivity index (χ0v) is 21.2. The molecule has 0 radical (unpaired) electrons. The molecule has 1 aliphatic heterocycles. The lowest BCUT2D eigenvalue weighted by molar-refractivity contribution is -0.128. The first-order valence-electron chi connectivity index (χ1n) is 11.8. The highest BCUT2D eigenvalue weighted by atomic mass is 35.5. The minimum atomic E-state index is -0.688. The van der Waals surface area contributed by atoms with Crippen molar-refractivity contribution < 1.29 is 13.9 Å². The molecule has 2 N–H and O–H groups in total. The zero-order chi connectivity index (χ0) is 27.0. The van der Waals surface area contributed by atoms with E-state index in [1.54, 1.807) is 17.0 Å². The van der Waals surface area contributed by atoms with Gasteiger partial charge in [-0.1, -0.05) is 42.4 Å². The standard InChI is InChI=1S/C27H23ClFN7O2/c1-3-21(37)36-11-10-35(14-16(36)8-9-30)26-18-13-19(28)22(23(29)25(18)33-27(34-26)38-2)24-17-7-5-4-6-15(17)12-20(31)32-24/h3-7,12-13,16H,1,8,10-11,14H2,2H3,(H2,31,32)/t16-/m0/s1. The zero-order valence-electron chi connectivity index (χ0n) is 20.5. The summed E-state index contributed by atoms with van der Waals surface area (Å²) < 4.78 is 21.6. The fourth-order valence-corrected chi connectivity index (χ4v) is 5.14. The maximum atomic E-state index is 16.3. The van der Waals surface area contributed by atoms with Crippen molar-refractivity contribution in [2.75, 3.05) is 37.4 Å². The Morgan fingerprint density at radius 1 is 1.29 bits per heavy atom. The summed E-state index contributed by atoms with van der Waals surface area (Å²) in [5.74, 6) is -0.328. The van der Waals surface area contributed by atoms with E-state index in [0.29, 0.717) is 41.9 Å². The highest BCUT2D eigenvalue weighted by Crippen LogP contribution is 2.41. The maximum Gasteiger partial charge on any atom is 0.318 e. The number of ether oxygens (including phenoxy) is 1. The largest absolute Gasteiger partial charge is 0.467 e. The topological polar surface area (TPSA) is 121 Å². The van der Waals surface area contributed by atoms with Crippen molar-refractivity contribution >= 4 is 50.8 Å². The van der Waals surface area contributed by atoms with Crippen LogP contribution in [0, 0.1) is 17.1 Å². The number of anilines is 2. The number of nitriles is 1. The van der Waals surface area contributed by atoms with E-state index in [0.717, 1.165) is 5.39 Å². The van der Waals surface area contributed by atoms with Crippen LogP contribution in [0.3, 0.4) is 0 Å².